The second-order valence-electron chi connectivity index (χ2n) is 6.35. The number of hydrogen-bond acceptors (Lipinski definition) is 3. The van der Waals surface area contributed by atoms with Crippen LogP contribution in [-0.4, -0.2) is 25.5 Å². The molecule has 0 heterocycles. The van der Waals surface area contributed by atoms with Crippen molar-refractivity contribution < 1.29 is 14.3 Å². The first-order chi connectivity index (χ1) is 12.1. The van der Waals surface area contributed by atoms with E-state index in [4.69, 9.17) is 4.74 Å². The number of carbonyl (C=O) groups is 2. The molecule has 1 rings (SSSR count). The minimum absolute atomic E-state index is 0.0467. The molecular formula is C20H32N2O3. The molecule has 0 aliphatic carbocycles. The molecule has 1 atom stereocenters. The summed E-state index contributed by atoms with van der Waals surface area (Å²) in [6, 6.07) is 7.54. The molecule has 0 aliphatic heterocycles. The lowest BCUT2D eigenvalue weighted by atomic mass is 9.99. The molecule has 1 aromatic carbocycles. The standard InChI is InChI=1S/C20H32N2O3/c1-4-6-7-16(5-2)14-21-19(23)12-13-20(24)22-15-17-8-10-18(25-3)11-9-17/h8-11,16H,4-7,12-15H2,1-3H3,(H,21,23)(H,22,24)/t16-/m0/s1. The van der Waals surface area contributed by atoms with Crippen LogP contribution in [0.4, 0.5) is 0 Å². The Bertz CT molecular complexity index is 514. The number of rotatable bonds is 12. The third-order valence-corrected chi connectivity index (χ3v) is 4.36. The van der Waals surface area contributed by atoms with Crippen LogP contribution in [0.5, 0.6) is 5.75 Å². The van der Waals surface area contributed by atoms with Crippen molar-refractivity contribution in [2.24, 2.45) is 5.92 Å². The minimum Gasteiger partial charge on any atom is -0.497 e. The lowest BCUT2D eigenvalue weighted by molar-refractivity contribution is -0.126. The molecule has 0 spiro atoms. The number of methoxy groups -OCH3 is 1. The average Bonchev–Trinajstić information content (AvgIpc) is 2.65. The van der Waals surface area contributed by atoms with Crippen LogP contribution in [0, 0.1) is 5.92 Å². The predicted molar refractivity (Wildman–Crippen MR) is 100 cm³/mol. The molecule has 0 bridgehead atoms. The van der Waals surface area contributed by atoms with Crippen molar-refractivity contribution in [1.82, 2.24) is 10.6 Å². The van der Waals surface area contributed by atoms with E-state index < -0.39 is 0 Å². The van der Waals surface area contributed by atoms with Crippen LogP contribution in [0.15, 0.2) is 24.3 Å². The molecule has 25 heavy (non-hydrogen) atoms. The van der Waals surface area contributed by atoms with Crippen molar-refractivity contribution in [1.29, 1.82) is 0 Å². The molecule has 0 saturated carbocycles. The van der Waals surface area contributed by atoms with Gasteiger partial charge in [0.15, 0.2) is 0 Å². The van der Waals surface area contributed by atoms with Crippen LogP contribution < -0.4 is 15.4 Å². The lowest BCUT2D eigenvalue weighted by Gasteiger charge is -2.15. The summed E-state index contributed by atoms with van der Waals surface area (Å²) in [5.74, 6) is 1.17. The number of benzene rings is 1. The van der Waals surface area contributed by atoms with Gasteiger partial charge in [-0.15, -0.1) is 0 Å². The van der Waals surface area contributed by atoms with Gasteiger partial charge in [-0.1, -0.05) is 45.2 Å². The van der Waals surface area contributed by atoms with Crippen molar-refractivity contribution >= 4 is 11.8 Å². The maximum atomic E-state index is 11.9. The molecule has 2 N–H and O–H groups in total. The van der Waals surface area contributed by atoms with E-state index in [1.54, 1.807) is 7.11 Å². The number of unbranched alkanes of at least 4 members (excludes halogenated alkanes) is 1. The molecule has 2 amide bonds. The number of hydrogen-bond donors (Lipinski definition) is 2. The summed E-state index contributed by atoms with van der Waals surface area (Å²) in [6.45, 7) is 5.50. The zero-order chi connectivity index (χ0) is 18.5. The number of carbonyl (C=O) groups excluding carboxylic acids is 2. The van der Waals surface area contributed by atoms with E-state index in [1.807, 2.05) is 24.3 Å². The Hall–Kier alpha value is -2.04. The quantitative estimate of drug-likeness (QED) is 0.608. The first-order valence-corrected chi connectivity index (χ1v) is 9.25. The highest BCUT2D eigenvalue weighted by molar-refractivity contribution is 5.83. The van der Waals surface area contributed by atoms with Crippen LogP contribution >= 0.6 is 0 Å². The van der Waals surface area contributed by atoms with E-state index in [0.29, 0.717) is 19.0 Å². The summed E-state index contributed by atoms with van der Waals surface area (Å²) in [4.78, 5) is 23.7. The van der Waals surface area contributed by atoms with Gasteiger partial charge in [-0.3, -0.25) is 9.59 Å². The Morgan fingerprint density at radius 1 is 1.04 bits per heavy atom. The Kier molecular flexibility index (Phi) is 10.4. The summed E-state index contributed by atoms with van der Waals surface area (Å²) in [6.07, 6.45) is 5.05. The van der Waals surface area contributed by atoms with E-state index >= 15 is 0 Å². The highest BCUT2D eigenvalue weighted by Crippen LogP contribution is 2.12. The van der Waals surface area contributed by atoms with Gasteiger partial charge in [-0.2, -0.15) is 0 Å². The molecule has 1 aromatic rings. The Balaban J connectivity index is 2.20. The summed E-state index contributed by atoms with van der Waals surface area (Å²) in [7, 11) is 1.62. The molecule has 0 radical (unpaired) electrons. The van der Waals surface area contributed by atoms with Crippen LogP contribution in [0.25, 0.3) is 0 Å². The second kappa shape index (κ2) is 12.3. The monoisotopic (exact) mass is 348 g/mol. The van der Waals surface area contributed by atoms with Crippen molar-refractivity contribution in [3.63, 3.8) is 0 Å². The van der Waals surface area contributed by atoms with Crippen molar-refractivity contribution in [3.8, 4) is 5.75 Å². The van der Waals surface area contributed by atoms with Gasteiger partial charge in [0, 0.05) is 25.9 Å². The Labute approximate surface area is 151 Å². The van der Waals surface area contributed by atoms with Crippen molar-refractivity contribution in [2.75, 3.05) is 13.7 Å². The molecule has 0 aromatic heterocycles. The van der Waals surface area contributed by atoms with Gasteiger partial charge in [0.2, 0.25) is 11.8 Å². The van der Waals surface area contributed by atoms with Gasteiger partial charge in [0.25, 0.3) is 0 Å². The normalized spacial score (nSPS) is 11.6. The Morgan fingerprint density at radius 3 is 2.24 bits per heavy atom. The van der Waals surface area contributed by atoms with Crippen molar-refractivity contribution in [3.05, 3.63) is 29.8 Å². The van der Waals surface area contributed by atoms with E-state index in [2.05, 4.69) is 24.5 Å². The molecule has 0 fully saturated rings. The molecule has 5 nitrogen and oxygen atoms in total. The fraction of sp³-hybridized carbons (Fsp3) is 0.600. The van der Waals surface area contributed by atoms with Crippen LogP contribution in [0.1, 0.15) is 57.9 Å². The third kappa shape index (κ3) is 9.13. The summed E-state index contributed by atoms with van der Waals surface area (Å²) in [5.41, 5.74) is 1.00. The van der Waals surface area contributed by atoms with E-state index in [0.717, 1.165) is 24.2 Å². The highest BCUT2D eigenvalue weighted by Gasteiger charge is 2.10. The summed E-state index contributed by atoms with van der Waals surface area (Å²) < 4.78 is 5.10. The molecular weight excluding hydrogens is 316 g/mol. The summed E-state index contributed by atoms with van der Waals surface area (Å²) in [5, 5.41) is 5.79. The van der Waals surface area contributed by atoms with Gasteiger partial charge in [-0.05, 0) is 30.0 Å². The zero-order valence-electron chi connectivity index (χ0n) is 15.8. The zero-order valence-corrected chi connectivity index (χ0v) is 15.8. The molecule has 5 heteroatoms. The smallest absolute Gasteiger partial charge is 0.220 e. The van der Waals surface area contributed by atoms with E-state index in [9.17, 15) is 9.59 Å². The number of ether oxygens (including phenoxy) is 1. The van der Waals surface area contributed by atoms with Gasteiger partial charge in [0.05, 0.1) is 7.11 Å². The molecule has 0 aliphatic rings. The van der Waals surface area contributed by atoms with E-state index in [1.165, 1.54) is 12.8 Å². The molecule has 0 unspecified atom stereocenters. The largest absolute Gasteiger partial charge is 0.497 e. The van der Waals surface area contributed by atoms with Crippen LogP contribution in [0.2, 0.25) is 0 Å². The number of amides is 2. The molecule has 0 saturated heterocycles. The maximum absolute atomic E-state index is 11.9. The summed E-state index contributed by atoms with van der Waals surface area (Å²) >= 11 is 0. The Morgan fingerprint density at radius 2 is 1.68 bits per heavy atom. The first-order valence-electron chi connectivity index (χ1n) is 9.25. The maximum Gasteiger partial charge on any atom is 0.220 e. The van der Waals surface area contributed by atoms with Crippen LogP contribution in [-0.2, 0) is 16.1 Å². The van der Waals surface area contributed by atoms with Crippen molar-refractivity contribution in [2.45, 2.75) is 58.9 Å². The fourth-order valence-electron chi connectivity index (χ4n) is 2.55. The third-order valence-electron chi connectivity index (χ3n) is 4.36. The predicted octanol–water partition coefficient (Wildman–Crippen LogP) is 3.42. The molecule has 140 valence electrons. The van der Waals surface area contributed by atoms with Crippen LogP contribution in [0.3, 0.4) is 0 Å². The van der Waals surface area contributed by atoms with Gasteiger partial charge >= 0.3 is 0 Å². The number of nitrogens with one attached hydrogen (secondary N) is 2. The van der Waals surface area contributed by atoms with Gasteiger partial charge in [-0.25, -0.2) is 0 Å². The van der Waals surface area contributed by atoms with E-state index in [-0.39, 0.29) is 24.7 Å². The average molecular weight is 348 g/mol. The minimum atomic E-state index is -0.107. The topological polar surface area (TPSA) is 67.4 Å². The SMILES string of the molecule is CCCC[C@H](CC)CNC(=O)CCC(=O)NCc1ccc(OC)cc1. The highest BCUT2D eigenvalue weighted by atomic mass is 16.5. The second-order valence-corrected chi connectivity index (χ2v) is 6.35. The fourth-order valence-corrected chi connectivity index (χ4v) is 2.55. The van der Waals surface area contributed by atoms with Gasteiger partial charge in [0.1, 0.15) is 5.75 Å². The lowest BCUT2D eigenvalue weighted by Crippen LogP contribution is -2.31. The first kappa shape index (κ1) is 21.0. The van der Waals surface area contributed by atoms with Gasteiger partial charge < -0.3 is 15.4 Å².